The SMILES string of the molecule is Cc1nc(Nc2cccc(Cl)c2)cc(C(=O)NCc2ccccc2F)n1. The van der Waals surface area contributed by atoms with Gasteiger partial charge in [0.1, 0.15) is 23.2 Å². The third-order valence-corrected chi connectivity index (χ3v) is 3.80. The third-order valence-electron chi connectivity index (χ3n) is 3.56. The zero-order valence-corrected chi connectivity index (χ0v) is 14.7. The maximum atomic E-state index is 13.6. The predicted octanol–water partition coefficient (Wildman–Crippen LogP) is 4.25. The molecule has 0 aliphatic heterocycles. The Labute approximate surface area is 155 Å². The molecule has 0 radical (unpaired) electrons. The predicted molar refractivity (Wildman–Crippen MR) is 99.1 cm³/mol. The van der Waals surface area contributed by atoms with Gasteiger partial charge in [-0.25, -0.2) is 14.4 Å². The Balaban J connectivity index is 1.74. The van der Waals surface area contributed by atoms with E-state index in [9.17, 15) is 9.18 Å². The van der Waals surface area contributed by atoms with E-state index in [2.05, 4.69) is 20.6 Å². The summed E-state index contributed by atoms with van der Waals surface area (Å²) in [5, 5.41) is 6.34. The highest BCUT2D eigenvalue weighted by Gasteiger charge is 2.11. The molecule has 3 rings (SSSR count). The Morgan fingerprint density at radius 1 is 1.12 bits per heavy atom. The number of nitrogens with one attached hydrogen (secondary N) is 2. The third kappa shape index (κ3) is 4.55. The second-order valence-electron chi connectivity index (χ2n) is 5.60. The molecule has 1 heterocycles. The van der Waals surface area contributed by atoms with Crippen LogP contribution in [-0.4, -0.2) is 15.9 Å². The Kier molecular flexibility index (Phi) is 5.43. The molecule has 26 heavy (non-hydrogen) atoms. The van der Waals surface area contributed by atoms with Crippen molar-refractivity contribution in [2.24, 2.45) is 0 Å². The van der Waals surface area contributed by atoms with Crippen LogP contribution in [0.25, 0.3) is 0 Å². The molecule has 0 aliphatic carbocycles. The molecule has 1 aromatic heterocycles. The van der Waals surface area contributed by atoms with Gasteiger partial charge in [0, 0.05) is 28.9 Å². The van der Waals surface area contributed by atoms with Crippen molar-refractivity contribution in [3.8, 4) is 0 Å². The lowest BCUT2D eigenvalue weighted by molar-refractivity contribution is 0.0945. The molecule has 132 valence electrons. The van der Waals surface area contributed by atoms with Crippen molar-refractivity contribution >= 4 is 29.0 Å². The highest BCUT2D eigenvalue weighted by atomic mass is 35.5. The molecule has 2 aromatic carbocycles. The van der Waals surface area contributed by atoms with Gasteiger partial charge in [-0.15, -0.1) is 0 Å². The van der Waals surface area contributed by atoms with Gasteiger partial charge in [0.15, 0.2) is 0 Å². The molecule has 0 aliphatic rings. The maximum absolute atomic E-state index is 13.6. The van der Waals surface area contributed by atoms with Crippen molar-refractivity contribution in [3.63, 3.8) is 0 Å². The average Bonchev–Trinajstić information content (AvgIpc) is 2.60. The van der Waals surface area contributed by atoms with E-state index in [4.69, 9.17) is 11.6 Å². The normalized spacial score (nSPS) is 10.4. The molecular weight excluding hydrogens is 355 g/mol. The lowest BCUT2D eigenvalue weighted by Gasteiger charge is -2.10. The molecule has 0 unspecified atom stereocenters. The molecule has 0 bridgehead atoms. The number of aromatic nitrogens is 2. The van der Waals surface area contributed by atoms with Gasteiger partial charge in [-0.1, -0.05) is 35.9 Å². The quantitative estimate of drug-likeness (QED) is 0.704. The Hall–Kier alpha value is -2.99. The van der Waals surface area contributed by atoms with Gasteiger partial charge in [-0.2, -0.15) is 0 Å². The first-order valence-corrected chi connectivity index (χ1v) is 8.29. The fourth-order valence-corrected chi connectivity index (χ4v) is 2.56. The number of hydrogen-bond acceptors (Lipinski definition) is 4. The zero-order valence-electron chi connectivity index (χ0n) is 14.0. The summed E-state index contributed by atoms with van der Waals surface area (Å²) < 4.78 is 13.6. The number of carbonyl (C=O) groups excluding carboxylic acids is 1. The number of halogens is 2. The molecule has 0 spiro atoms. The lowest BCUT2D eigenvalue weighted by Crippen LogP contribution is -2.25. The van der Waals surface area contributed by atoms with E-state index < -0.39 is 5.91 Å². The molecular formula is C19H16ClFN4O. The summed E-state index contributed by atoms with van der Waals surface area (Å²) in [7, 11) is 0. The molecule has 7 heteroatoms. The topological polar surface area (TPSA) is 66.9 Å². The number of anilines is 2. The van der Waals surface area contributed by atoms with Crippen molar-refractivity contribution in [2.75, 3.05) is 5.32 Å². The highest BCUT2D eigenvalue weighted by Crippen LogP contribution is 2.19. The molecule has 0 fully saturated rings. The number of hydrogen-bond donors (Lipinski definition) is 2. The number of amides is 1. The summed E-state index contributed by atoms with van der Waals surface area (Å²) in [6.45, 7) is 1.77. The van der Waals surface area contributed by atoms with Crippen LogP contribution in [0.5, 0.6) is 0 Å². The van der Waals surface area contributed by atoms with Crippen LogP contribution in [0.1, 0.15) is 21.9 Å². The monoisotopic (exact) mass is 370 g/mol. The Morgan fingerprint density at radius 3 is 2.69 bits per heavy atom. The van der Waals surface area contributed by atoms with Gasteiger partial charge in [0.05, 0.1) is 0 Å². The van der Waals surface area contributed by atoms with Crippen molar-refractivity contribution < 1.29 is 9.18 Å². The summed E-state index contributed by atoms with van der Waals surface area (Å²) in [6.07, 6.45) is 0. The van der Waals surface area contributed by atoms with E-state index >= 15 is 0 Å². The van der Waals surface area contributed by atoms with Gasteiger partial charge >= 0.3 is 0 Å². The van der Waals surface area contributed by atoms with Gasteiger partial charge in [-0.3, -0.25) is 4.79 Å². The van der Waals surface area contributed by atoms with E-state index in [1.165, 1.54) is 12.1 Å². The molecule has 2 N–H and O–H groups in total. The average molecular weight is 371 g/mol. The van der Waals surface area contributed by atoms with Crippen molar-refractivity contribution in [2.45, 2.75) is 13.5 Å². The van der Waals surface area contributed by atoms with Crippen LogP contribution < -0.4 is 10.6 Å². The minimum absolute atomic E-state index is 0.0750. The maximum Gasteiger partial charge on any atom is 0.270 e. The number of rotatable bonds is 5. The van der Waals surface area contributed by atoms with Crippen LogP contribution in [0.2, 0.25) is 5.02 Å². The van der Waals surface area contributed by atoms with E-state index in [1.807, 2.05) is 6.07 Å². The molecule has 0 saturated carbocycles. The first-order chi connectivity index (χ1) is 12.5. The van der Waals surface area contributed by atoms with E-state index in [-0.39, 0.29) is 18.1 Å². The Bertz CT molecular complexity index is 948. The standard InChI is InChI=1S/C19H16ClFN4O/c1-12-23-17(19(26)22-11-13-5-2-3-8-16(13)21)10-18(24-12)25-15-7-4-6-14(20)9-15/h2-10H,11H2,1H3,(H,22,26)(H,23,24,25). The lowest BCUT2D eigenvalue weighted by atomic mass is 10.2. The number of benzene rings is 2. The van der Waals surface area contributed by atoms with Crippen LogP contribution in [0.4, 0.5) is 15.9 Å². The largest absolute Gasteiger partial charge is 0.347 e. The summed E-state index contributed by atoms with van der Waals surface area (Å²) in [5.41, 5.74) is 1.34. The second-order valence-corrected chi connectivity index (χ2v) is 6.03. The smallest absolute Gasteiger partial charge is 0.270 e. The number of carbonyl (C=O) groups is 1. The van der Waals surface area contributed by atoms with Gasteiger partial charge < -0.3 is 10.6 Å². The number of aryl methyl sites for hydroxylation is 1. The van der Waals surface area contributed by atoms with Crippen LogP contribution in [-0.2, 0) is 6.54 Å². The summed E-state index contributed by atoms with van der Waals surface area (Å²) in [6, 6.07) is 15.0. The fraction of sp³-hybridized carbons (Fsp3) is 0.105. The van der Waals surface area contributed by atoms with Crippen molar-refractivity contribution in [1.82, 2.24) is 15.3 Å². The van der Waals surface area contributed by atoms with Crippen LogP contribution in [0.3, 0.4) is 0 Å². The first kappa shape index (κ1) is 17.8. The van der Waals surface area contributed by atoms with Gasteiger partial charge in [0.25, 0.3) is 5.91 Å². The highest BCUT2D eigenvalue weighted by molar-refractivity contribution is 6.30. The minimum atomic E-state index is -0.409. The summed E-state index contributed by atoms with van der Waals surface area (Å²) in [5.74, 6) is 0.131. The Morgan fingerprint density at radius 2 is 1.92 bits per heavy atom. The second kappa shape index (κ2) is 7.93. The molecule has 1 amide bonds. The molecule has 5 nitrogen and oxygen atoms in total. The van der Waals surface area contributed by atoms with E-state index in [0.29, 0.717) is 22.2 Å². The first-order valence-electron chi connectivity index (χ1n) is 7.91. The molecule has 0 atom stereocenters. The van der Waals surface area contributed by atoms with Gasteiger partial charge in [-0.05, 0) is 31.2 Å². The van der Waals surface area contributed by atoms with Gasteiger partial charge in [0.2, 0.25) is 0 Å². The zero-order chi connectivity index (χ0) is 18.5. The minimum Gasteiger partial charge on any atom is -0.347 e. The molecule has 0 saturated heterocycles. The van der Waals surface area contributed by atoms with E-state index in [1.54, 1.807) is 43.3 Å². The molecule has 3 aromatic rings. The van der Waals surface area contributed by atoms with Crippen LogP contribution >= 0.6 is 11.6 Å². The summed E-state index contributed by atoms with van der Waals surface area (Å²) in [4.78, 5) is 20.8. The van der Waals surface area contributed by atoms with Crippen LogP contribution in [0.15, 0.2) is 54.6 Å². The summed E-state index contributed by atoms with van der Waals surface area (Å²) >= 11 is 5.97. The van der Waals surface area contributed by atoms with Crippen molar-refractivity contribution in [3.05, 3.63) is 82.5 Å². The van der Waals surface area contributed by atoms with Crippen molar-refractivity contribution in [1.29, 1.82) is 0 Å². The fourth-order valence-electron chi connectivity index (χ4n) is 2.37. The van der Waals surface area contributed by atoms with Crippen LogP contribution in [0, 0.1) is 12.7 Å². The van der Waals surface area contributed by atoms with E-state index in [0.717, 1.165) is 5.69 Å². The number of nitrogens with zero attached hydrogens (tertiary/aromatic N) is 2.